The van der Waals surface area contributed by atoms with Crippen molar-refractivity contribution in [3.63, 3.8) is 0 Å². The van der Waals surface area contributed by atoms with E-state index in [1.54, 1.807) is 0 Å². The van der Waals surface area contributed by atoms with Crippen molar-refractivity contribution >= 4 is 106 Å². The van der Waals surface area contributed by atoms with Crippen LogP contribution in [0.1, 0.15) is 127 Å². The molecule has 0 radical (unpaired) electrons. The summed E-state index contributed by atoms with van der Waals surface area (Å²) in [6.45, 7) is 23.5. The van der Waals surface area contributed by atoms with Crippen LogP contribution in [0, 0.1) is 0 Å². The monoisotopic (exact) mass is 1130 g/mol. The van der Waals surface area contributed by atoms with Crippen molar-refractivity contribution in [1.29, 1.82) is 0 Å². The van der Waals surface area contributed by atoms with E-state index in [2.05, 4.69) is 314 Å². The van der Waals surface area contributed by atoms with Crippen molar-refractivity contribution in [1.82, 2.24) is 0 Å². The molecule has 0 atom stereocenters. The van der Waals surface area contributed by atoms with Gasteiger partial charge in [0.1, 0.15) is 0 Å². The van der Waals surface area contributed by atoms with Gasteiger partial charge in [-0.3, -0.25) is 0 Å². The third-order valence-electron chi connectivity index (χ3n) is 20.2. The van der Waals surface area contributed by atoms with Gasteiger partial charge in [0, 0.05) is 65.5 Å². The van der Waals surface area contributed by atoms with Crippen LogP contribution in [0.3, 0.4) is 0 Å². The van der Waals surface area contributed by atoms with E-state index in [0.29, 0.717) is 0 Å². The van der Waals surface area contributed by atoms with Gasteiger partial charge in [0.15, 0.2) is 0 Å². The Bertz CT molecular complexity index is 4630. The zero-order valence-corrected chi connectivity index (χ0v) is 52.0. The first-order valence-electron chi connectivity index (χ1n) is 31.1. The van der Waals surface area contributed by atoms with Crippen LogP contribution in [0.15, 0.2) is 231 Å². The summed E-state index contributed by atoms with van der Waals surface area (Å²) in [7, 11) is 0. The van der Waals surface area contributed by atoms with Gasteiger partial charge in [-0.05, 0) is 179 Å². The predicted molar refractivity (Wildman–Crippen MR) is 370 cm³/mol. The SMILES string of the molecule is CC(C)(C)c1ccc(N(c2ccc(C(C)(C)C)cc2)c2ccc3c(c2)N(c2ccc4c(c2)C(C)(C)CCC4(C)C)B2c4cccc5c4N(c4cc6ccccc6cc4C5(c4ccccc4)c4ccccc4)c4cc5sc6ccccc6c5c-3c42)cc1. The molecule has 11 aromatic carbocycles. The molecular weight excluding hydrogens is 1060 g/mol. The molecule has 3 nitrogen and oxygen atoms in total. The minimum absolute atomic E-state index is 0.00995. The minimum Gasteiger partial charge on any atom is -0.376 e. The fourth-order valence-corrected chi connectivity index (χ4v) is 16.8. The highest BCUT2D eigenvalue weighted by Crippen LogP contribution is 2.62. The highest BCUT2D eigenvalue weighted by atomic mass is 32.1. The second-order valence-electron chi connectivity index (χ2n) is 28.3. The summed E-state index contributed by atoms with van der Waals surface area (Å²) in [5.41, 5.74) is 24.7. The lowest BCUT2D eigenvalue weighted by molar-refractivity contribution is 0.332. The number of rotatable bonds is 6. The lowest BCUT2D eigenvalue weighted by Crippen LogP contribution is -2.62. The Morgan fingerprint density at radius 3 is 1.67 bits per heavy atom. The van der Waals surface area contributed by atoms with Crippen LogP contribution in [0.4, 0.5) is 45.5 Å². The summed E-state index contributed by atoms with van der Waals surface area (Å²) in [6.07, 6.45) is 2.28. The average Bonchev–Trinajstić information content (AvgIpc) is 0.872. The molecule has 0 amide bonds. The molecule has 86 heavy (non-hydrogen) atoms. The quantitative estimate of drug-likeness (QED) is 0.154. The number of anilines is 8. The molecule has 16 rings (SSSR count). The molecular formula is C81H72BN3S. The first kappa shape index (κ1) is 52.9. The van der Waals surface area contributed by atoms with E-state index in [4.69, 9.17) is 0 Å². The lowest BCUT2D eigenvalue weighted by atomic mass is 9.42. The van der Waals surface area contributed by atoms with E-state index < -0.39 is 5.41 Å². The Kier molecular flexibility index (Phi) is 11.5. The molecule has 0 fully saturated rings. The van der Waals surface area contributed by atoms with Crippen molar-refractivity contribution in [3.05, 3.63) is 275 Å². The summed E-state index contributed by atoms with van der Waals surface area (Å²) >= 11 is 1.93. The molecule has 3 aliphatic heterocycles. The number of para-hydroxylation sites is 1. The van der Waals surface area contributed by atoms with Gasteiger partial charge in [-0.1, -0.05) is 227 Å². The highest BCUT2D eigenvalue weighted by Gasteiger charge is 2.54. The number of benzene rings is 11. The molecule has 4 aliphatic rings. The standard InChI is InChI=1S/C81H72BN3S/c1-77(2,3)53-32-36-57(37-33-53)83(58-38-34-54(35-39-58)78(4,5)6)59-40-42-61-68(49-59)85(60-41-43-63-65(48-60)80(9,10)45-44-79(63,7)8)82-67-30-21-29-64-76(67)84(70-50-72-73(74(61)75(70)82)62-28-19-20-31-71(62)86-72)69-47-52-23-18-17-22-51(52)46-66(69)81(64,55-24-13-11-14-25-55)56-26-15-12-16-27-56/h11-43,46-50H,44-45H2,1-10H3. The van der Waals surface area contributed by atoms with Crippen molar-refractivity contribution in [2.75, 3.05) is 14.6 Å². The van der Waals surface area contributed by atoms with Gasteiger partial charge in [0.25, 0.3) is 0 Å². The maximum absolute atomic E-state index is 2.79. The number of hydrogen-bond donors (Lipinski definition) is 0. The van der Waals surface area contributed by atoms with Crippen LogP contribution in [0.5, 0.6) is 0 Å². The van der Waals surface area contributed by atoms with Gasteiger partial charge in [0.2, 0.25) is 0 Å². The average molecular weight is 1130 g/mol. The third-order valence-corrected chi connectivity index (χ3v) is 21.4. The zero-order chi connectivity index (χ0) is 58.8. The van der Waals surface area contributed by atoms with E-state index in [0.717, 1.165) is 29.9 Å². The Morgan fingerprint density at radius 1 is 0.453 bits per heavy atom. The van der Waals surface area contributed by atoms with Crippen LogP contribution in [0.25, 0.3) is 42.1 Å². The van der Waals surface area contributed by atoms with Crippen molar-refractivity contribution < 1.29 is 0 Å². The second-order valence-corrected chi connectivity index (χ2v) is 29.4. The number of hydrogen-bond acceptors (Lipinski definition) is 4. The molecule has 420 valence electrons. The van der Waals surface area contributed by atoms with Gasteiger partial charge in [-0.15, -0.1) is 11.3 Å². The fourth-order valence-electron chi connectivity index (χ4n) is 15.7. The zero-order valence-electron chi connectivity index (χ0n) is 51.2. The summed E-state index contributed by atoms with van der Waals surface area (Å²) < 4.78 is 2.60. The van der Waals surface area contributed by atoms with E-state index in [1.165, 1.54) is 126 Å². The van der Waals surface area contributed by atoms with Crippen molar-refractivity contribution in [3.8, 4) is 11.1 Å². The van der Waals surface area contributed by atoms with Crippen LogP contribution in [-0.4, -0.2) is 6.85 Å². The molecule has 1 aromatic heterocycles. The van der Waals surface area contributed by atoms with Crippen LogP contribution < -0.4 is 25.5 Å². The molecule has 0 saturated heterocycles. The second kappa shape index (κ2) is 18.7. The molecule has 0 spiro atoms. The van der Waals surface area contributed by atoms with Gasteiger partial charge in [-0.25, -0.2) is 0 Å². The van der Waals surface area contributed by atoms with Crippen molar-refractivity contribution in [2.24, 2.45) is 0 Å². The van der Waals surface area contributed by atoms with Crippen LogP contribution >= 0.6 is 11.3 Å². The number of fused-ring (bicyclic) bond motifs is 12. The third kappa shape index (κ3) is 7.72. The fraction of sp³-hybridized carbons (Fsp3) is 0.210. The van der Waals surface area contributed by atoms with Gasteiger partial charge < -0.3 is 14.6 Å². The minimum atomic E-state index is -0.677. The molecule has 0 bridgehead atoms. The van der Waals surface area contributed by atoms with E-state index in [-0.39, 0.29) is 28.5 Å². The van der Waals surface area contributed by atoms with Crippen LogP contribution in [-0.2, 0) is 27.1 Å². The van der Waals surface area contributed by atoms with Gasteiger partial charge in [0.05, 0.1) is 11.1 Å². The maximum Gasteiger partial charge on any atom is 0.333 e. The molecule has 1 aliphatic carbocycles. The molecule has 12 aromatic rings. The van der Waals surface area contributed by atoms with Crippen molar-refractivity contribution in [2.45, 2.75) is 109 Å². The molecule has 5 heteroatoms. The van der Waals surface area contributed by atoms with Gasteiger partial charge in [-0.2, -0.15) is 0 Å². The normalized spacial score (nSPS) is 15.9. The molecule has 0 saturated carbocycles. The van der Waals surface area contributed by atoms with Crippen LogP contribution in [0.2, 0.25) is 0 Å². The lowest BCUT2D eigenvalue weighted by Gasteiger charge is -2.52. The molecule has 0 unspecified atom stereocenters. The number of nitrogens with zero attached hydrogens (tertiary/aromatic N) is 3. The summed E-state index contributed by atoms with van der Waals surface area (Å²) in [5, 5.41) is 5.10. The van der Waals surface area contributed by atoms with E-state index in [1.807, 2.05) is 11.3 Å². The predicted octanol–water partition coefficient (Wildman–Crippen LogP) is 21.0. The Balaban J connectivity index is 1.06. The largest absolute Gasteiger partial charge is 0.376 e. The molecule has 4 heterocycles. The van der Waals surface area contributed by atoms with Gasteiger partial charge >= 0.3 is 6.85 Å². The first-order valence-corrected chi connectivity index (χ1v) is 31.9. The summed E-state index contributed by atoms with van der Waals surface area (Å²) in [4.78, 5) is 8.01. The first-order chi connectivity index (χ1) is 41.4. The summed E-state index contributed by atoms with van der Waals surface area (Å²) in [6, 6.07) is 89.6. The Hall–Kier alpha value is -8.64. The Morgan fingerprint density at radius 2 is 1.03 bits per heavy atom. The smallest absolute Gasteiger partial charge is 0.333 e. The topological polar surface area (TPSA) is 9.72 Å². The highest BCUT2D eigenvalue weighted by molar-refractivity contribution is 7.26. The Labute approximate surface area is 512 Å². The summed E-state index contributed by atoms with van der Waals surface area (Å²) in [5.74, 6) is 0. The van der Waals surface area contributed by atoms with E-state index >= 15 is 0 Å². The maximum atomic E-state index is 2.79. The van der Waals surface area contributed by atoms with E-state index in [9.17, 15) is 0 Å². The molecule has 0 N–H and O–H groups in total. The number of thiophene rings is 1.